The van der Waals surface area contributed by atoms with E-state index in [1.807, 2.05) is 39.8 Å². The lowest BCUT2D eigenvalue weighted by atomic mass is 9.59. The van der Waals surface area contributed by atoms with Gasteiger partial charge < -0.3 is 29.5 Å². The molecule has 41 heavy (non-hydrogen) atoms. The van der Waals surface area contributed by atoms with Crippen LogP contribution in [-0.4, -0.2) is 39.6 Å². The van der Waals surface area contributed by atoms with Gasteiger partial charge in [-0.2, -0.15) is 0 Å². The first-order chi connectivity index (χ1) is 19.1. The molecule has 0 spiro atoms. The number of methoxy groups -OCH3 is 1. The Morgan fingerprint density at radius 1 is 1.10 bits per heavy atom. The van der Waals surface area contributed by atoms with Gasteiger partial charge in [-0.05, 0) is 70.1 Å². The van der Waals surface area contributed by atoms with E-state index < -0.39 is 16.8 Å². The van der Waals surface area contributed by atoms with Crippen LogP contribution in [0.4, 0.5) is 0 Å². The fourth-order valence-electron chi connectivity index (χ4n) is 7.82. The molecule has 1 saturated heterocycles. The zero-order valence-electron chi connectivity index (χ0n) is 25.4. The maximum Gasteiger partial charge on any atom is 0.217 e. The predicted molar refractivity (Wildman–Crippen MR) is 157 cm³/mol. The van der Waals surface area contributed by atoms with Crippen LogP contribution in [0.1, 0.15) is 95.8 Å². The second-order valence-corrected chi connectivity index (χ2v) is 13.5. The summed E-state index contributed by atoms with van der Waals surface area (Å²) in [4.78, 5) is 13.6. The highest BCUT2D eigenvalue weighted by Gasteiger charge is 2.70. The van der Waals surface area contributed by atoms with Crippen molar-refractivity contribution in [2.24, 2.45) is 10.8 Å². The van der Waals surface area contributed by atoms with Crippen molar-refractivity contribution in [1.82, 2.24) is 0 Å². The van der Waals surface area contributed by atoms with Crippen LogP contribution in [0.15, 0.2) is 35.9 Å². The van der Waals surface area contributed by atoms with Gasteiger partial charge in [0.1, 0.15) is 34.5 Å². The first kappa shape index (κ1) is 29.3. The minimum absolute atomic E-state index is 0.0198. The van der Waals surface area contributed by atoms with Crippen LogP contribution < -0.4 is 9.47 Å². The molecule has 2 fully saturated rings. The van der Waals surface area contributed by atoms with E-state index in [9.17, 15) is 20.1 Å². The summed E-state index contributed by atoms with van der Waals surface area (Å²) < 4.78 is 18.9. The van der Waals surface area contributed by atoms with Gasteiger partial charge in [-0.1, -0.05) is 31.9 Å². The second kappa shape index (κ2) is 9.97. The molecule has 1 aliphatic carbocycles. The summed E-state index contributed by atoms with van der Waals surface area (Å²) in [5, 5.41) is 31.4. The van der Waals surface area contributed by atoms with Gasteiger partial charge in [-0.3, -0.25) is 4.79 Å². The zero-order chi connectivity index (χ0) is 30.0. The molecule has 7 heteroatoms. The summed E-state index contributed by atoms with van der Waals surface area (Å²) in [5.74, 6) is 0.457. The third kappa shape index (κ3) is 4.76. The van der Waals surface area contributed by atoms with E-state index in [2.05, 4.69) is 13.8 Å². The summed E-state index contributed by atoms with van der Waals surface area (Å²) in [6.45, 7) is 12.2. The van der Waals surface area contributed by atoms with Crippen LogP contribution in [-0.2, 0) is 16.0 Å². The number of ether oxygens (including phenoxy) is 3. The predicted octanol–water partition coefficient (Wildman–Crippen LogP) is 7.23. The lowest BCUT2D eigenvalue weighted by molar-refractivity contribution is -0.279. The van der Waals surface area contributed by atoms with E-state index in [-0.39, 0.29) is 34.4 Å². The Hall–Kier alpha value is -3.19. The Morgan fingerprint density at radius 3 is 2.54 bits per heavy atom. The molecule has 0 amide bonds. The number of carbonyl (C=O) groups is 1. The zero-order valence-corrected chi connectivity index (χ0v) is 25.4. The van der Waals surface area contributed by atoms with Gasteiger partial charge in [0.05, 0.1) is 12.7 Å². The number of allylic oxidation sites excluding steroid dienone is 2. The first-order valence-electron chi connectivity index (χ1n) is 14.6. The topological polar surface area (TPSA) is 105 Å². The lowest BCUT2D eigenvalue weighted by Gasteiger charge is -2.53. The van der Waals surface area contributed by atoms with Crippen molar-refractivity contribution in [2.45, 2.75) is 104 Å². The van der Waals surface area contributed by atoms with Crippen molar-refractivity contribution in [1.29, 1.82) is 0 Å². The molecule has 2 bridgehead atoms. The molecule has 1 saturated carbocycles. The van der Waals surface area contributed by atoms with Crippen molar-refractivity contribution in [2.75, 3.05) is 7.11 Å². The molecule has 2 aromatic carbocycles. The van der Waals surface area contributed by atoms with E-state index >= 15 is 0 Å². The number of hydrogen-bond donors (Lipinski definition) is 3. The molecule has 2 aromatic rings. The van der Waals surface area contributed by atoms with E-state index in [0.717, 1.165) is 36.0 Å². The summed E-state index contributed by atoms with van der Waals surface area (Å²) >= 11 is 0. The third-order valence-corrected chi connectivity index (χ3v) is 10.4. The standard InChI is InChI=1S/C34H44O7/c1-20(9-10-22-15-25(39-7)14-21(2)30(22)38)13-24(36)18-32(5)11-8-12-33(32,6)34-19-26(31(3,4)41-34)29-27(37)16-23(35)17-28(29)40-34/h9,14-17,26,35,37-38H,8,10-13,18-19H2,1-7H3/b20-9+/t26-,32-,33-,34-/m0/s1. The van der Waals surface area contributed by atoms with Crippen LogP contribution >= 0.6 is 0 Å². The Morgan fingerprint density at radius 2 is 1.83 bits per heavy atom. The fourth-order valence-corrected chi connectivity index (χ4v) is 7.82. The molecule has 0 radical (unpaired) electrons. The van der Waals surface area contributed by atoms with Gasteiger partial charge in [0.15, 0.2) is 0 Å². The van der Waals surface area contributed by atoms with E-state index in [4.69, 9.17) is 14.2 Å². The molecule has 3 aliphatic rings. The van der Waals surface area contributed by atoms with Gasteiger partial charge in [-0.15, -0.1) is 0 Å². The summed E-state index contributed by atoms with van der Waals surface area (Å²) in [7, 11) is 1.61. The van der Waals surface area contributed by atoms with Gasteiger partial charge in [0.2, 0.25) is 5.79 Å². The van der Waals surface area contributed by atoms with Crippen LogP contribution in [0.2, 0.25) is 0 Å². The number of hydrogen-bond acceptors (Lipinski definition) is 7. The highest BCUT2D eigenvalue weighted by Crippen LogP contribution is 2.70. The second-order valence-electron chi connectivity index (χ2n) is 13.5. The molecular weight excluding hydrogens is 520 g/mol. The van der Waals surface area contributed by atoms with Crippen molar-refractivity contribution in [3.63, 3.8) is 0 Å². The van der Waals surface area contributed by atoms with Gasteiger partial charge in [0, 0.05) is 53.9 Å². The Labute approximate surface area is 243 Å². The third-order valence-electron chi connectivity index (χ3n) is 10.4. The van der Waals surface area contributed by atoms with Gasteiger partial charge in [0.25, 0.3) is 0 Å². The Balaban J connectivity index is 1.37. The summed E-state index contributed by atoms with van der Waals surface area (Å²) in [6.07, 6.45) is 6.52. The molecule has 0 unspecified atom stereocenters. The molecule has 2 aliphatic heterocycles. The van der Waals surface area contributed by atoms with Crippen molar-refractivity contribution >= 4 is 5.78 Å². The largest absolute Gasteiger partial charge is 0.508 e. The van der Waals surface area contributed by atoms with Crippen LogP contribution in [0.3, 0.4) is 0 Å². The average Bonchev–Trinajstić information content (AvgIpc) is 3.29. The van der Waals surface area contributed by atoms with E-state index in [1.54, 1.807) is 19.2 Å². The summed E-state index contributed by atoms with van der Waals surface area (Å²) in [6, 6.07) is 6.55. The number of Topliss-reactive ketones (excluding diaryl/α,β-unsaturated/α-hetero) is 1. The Bertz CT molecular complexity index is 1410. The average molecular weight is 565 g/mol. The lowest BCUT2D eigenvalue weighted by Crippen LogP contribution is -2.58. The number of aryl methyl sites for hydroxylation is 1. The minimum atomic E-state index is -0.980. The number of aromatic hydroxyl groups is 3. The van der Waals surface area contributed by atoms with Crippen LogP contribution in [0.5, 0.6) is 28.7 Å². The molecular formula is C34H44O7. The number of phenols is 3. The number of benzene rings is 2. The number of rotatable bonds is 8. The summed E-state index contributed by atoms with van der Waals surface area (Å²) in [5.41, 5.74) is 1.73. The number of fused-ring (bicyclic) bond motifs is 4. The van der Waals surface area contributed by atoms with Crippen LogP contribution in [0, 0.1) is 17.8 Å². The molecule has 3 N–H and O–H groups in total. The monoisotopic (exact) mass is 564 g/mol. The van der Waals surface area contributed by atoms with E-state index in [0.29, 0.717) is 42.7 Å². The molecule has 4 atom stereocenters. The molecule has 0 aromatic heterocycles. The van der Waals surface area contributed by atoms with Gasteiger partial charge in [-0.25, -0.2) is 0 Å². The van der Waals surface area contributed by atoms with Crippen molar-refractivity contribution < 1.29 is 34.3 Å². The Kier molecular flexibility index (Phi) is 7.13. The minimum Gasteiger partial charge on any atom is -0.508 e. The molecule has 5 rings (SSSR count). The highest BCUT2D eigenvalue weighted by atomic mass is 16.7. The maximum absolute atomic E-state index is 13.6. The van der Waals surface area contributed by atoms with Crippen LogP contribution in [0.25, 0.3) is 0 Å². The fraction of sp³-hybridized carbons (Fsp3) is 0.559. The smallest absolute Gasteiger partial charge is 0.217 e. The highest BCUT2D eigenvalue weighted by molar-refractivity contribution is 5.81. The molecule has 7 nitrogen and oxygen atoms in total. The van der Waals surface area contributed by atoms with Gasteiger partial charge >= 0.3 is 0 Å². The SMILES string of the molecule is COc1cc(C)c(O)c(C/C=C(\C)CC(=O)C[C@]2(C)CCC[C@]2(C)[C@@]23C[C@@H](c4c(O)cc(O)cc4O2)C(C)(C)O3)c1. The molecule has 2 heterocycles. The maximum atomic E-state index is 13.6. The quantitative estimate of drug-likeness (QED) is 0.291. The first-order valence-corrected chi connectivity index (χ1v) is 14.6. The van der Waals surface area contributed by atoms with E-state index in [1.165, 1.54) is 6.07 Å². The van der Waals surface area contributed by atoms with Crippen molar-refractivity contribution in [3.8, 4) is 28.7 Å². The normalized spacial score (nSPS) is 30.1. The number of phenolic OH excluding ortho intramolecular Hbond substituents is 3. The van der Waals surface area contributed by atoms with Crippen molar-refractivity contribution in [3.05, 3.63) is 52.6 Å². The number of carbonyl (C=O) groups excluding carboxylic acids is 1. The number of ketones is 1. The molecule has 222 valence electrons.